The highest BCUT2D eigenvalue weighted by atomic mass is 79.9. The van der Waals surface area contributed by atoms with Gasteiger partial charge in [0.1, 0.15) is 11.5 Å². The van der Waals surface area contributed by atoms with Crippen LogP contribution in [0.5, 0.6) is 11.5 Å². The third-order valence-electron chi connectivity index (χ3n) is 2.51. The smallest absolute Gasteiger partial charge is 0.132 e. The Morgan fingerprint density at radius 1 is 1.11 bits per heavy atom. The molecule has 4 heteroatoms. The Morgan fingerprint density at radius 3 is 2.50 bits per heavy atom. The van der Waals surface area contributed by atoms with Crippen LogP contribution in [0.2, 0.25) is 5.02 Å². The normalized spacial score (nSPS) is 10.4. The summed E-state index contributed by atoms with van der Waals surface area (Å²) in [6, 6.07) is 13.3. The van der Waals surface area contributed by atoms with E-state index < -0.39 is 0 Å². The topological polar surface area (TPSA) is 35.2 Å². The van der Waals surface area contributed by atoms with Crippen molar-refractivity contribution in [1.29, 1.82) is 0 Å². The zero-order valence-electron chi connectivity index (χ0n) is 9.70. The quantitative estimate of drug-likeness (QED) is 0.904. The molecule has 0 spiro atoms. The van der Waals surface area contributed by atoms with Crippen LogP contribution in [-0.4, -0.2) is 6.54 Å². The molecule has 0 aliphatic carbocycles. The second-order valence-corrected chi connectivity index (χ2v) is 5.13. The van der Waals surface area contributed by atoms with Crippen molar-refractivity contribution in [2.45, 2.75) is 6.42 Å². The van der Waals surface area contributed by atoms with Gasteiger partial charge in [-0.15, -0.1) is 0 Å². The molecule has 0 radical (unpaired) electrons. The highest BCUT2D eigenvalue weighted by Gasteiger charge is 2.08. The lowest BCUT2D eigenvalue weighted by Gasteiger charge is -2.12. The van der Waals surface area contributed by atoms with Crippen LogP contribution in [-0.2, 0) is 6.42 Å². The van der Waals surface area contributed by atoms with Gasteiger partial charge in [-0.05, 0) is 49.4 Å². The van der Waals surface area contributed by atoms with Gasteiger partial charge in [-0.25, -0.2) is 0 Å². The van der Waals surface area contributed by atoms with E-state index in [0.717, 1.165) is 21.5 Å². The Labute approximate surface area is 120 Å². The van der Waals surface area contributed by atoms with Crippen molar-refractivity contribution in [3.05, 3.63) is 57.5 Å². The molecule has 0 saturated heterocycles. The molecular weight excluding hydrogens is 314 g/mol. The SMILES string of the molecule is NCCc1c(Cl)cccc1Oc1ccc(Br)cc1. The Bertz CT molecular complexity index is 528. The molecule has 18 heavy (non-hydrogen) atoms. The summed E-state index contributed by atoms with van der Waals surface area (Å²) in [5.74, 6) is 1.54. The molecule has 0 saturated carbocycles. The zero-order valence-corrected chi connectivity index (χ0v) is 12.0. The number of hydrogen-bond donors (Lipinski definition) is 1. The second-order valence-electron chi connectivity index (χ2n) is 3.81. The van der Waals surface area contributed by atoms with Crippen molar-refractivity contribution < 1.29 is 4.74 Å². The van der Waals surface area contributed by atoms with Gasteiger partial charge in [0.25, 0.3) is 0 Å². The number of halogens is 2. The number of nitrogens with two attached hydrogens (primary N) is 1. The Hall–Kier alpha value is -1.03. The third kappa shape index (κ3) is 3.25. The van der Waals surface area contributed by atoms with Crippen LogP contribution in [0.4, 0.5) is 0 Å². The molecule has 0 aliphatic rings. The summed E-state index contributed by atoms with van der Waals surface area (Å²) in [5, 5.41) is 0.690. The van der Waals surface area contributed by atoms with Crippen LogP contribution in [0.3, 0.4) is 0 Å². The van der Waals surface area contributed by atoms with E-state index in [0.29, 0.717) is 18.0 Å². The molecule has 94 valence electrons. The predicted molar refractivity (Wildman–Crippen MR) is 78.4 cm³/mol. The van der Waals surface area contributed by atoms with Crippen molar-refractivity contribution >= 4 is 27.5 Å². The summed E-state index contributed by atoms with van der Waals surface area (Å²) in [5.41, 5.74) is 6.54. The summed E-state index contributed by atoms with van der Waals surface area (Å²) in [6.45, 7) is 0.542. The van der Waals surface area contributed by atoms with E-state index in [1.165, 1.54) is 0 Å². The van der Waals surface area contributed by atoms with Crippen molar-refractivity contribution in [3.63, 3.8) is 0 Å². The standard InChI is InChI=1S/C14H13BrClNO/c15-10-4-6-11(7-5-10)18-14-3-1-2-13(16)12(14)8-9-17/h1-7H,8-9,17H2. The van der Waals surface area contributed by atoms with Gasteiger partial charge in [-0.1, -0.05) is 33.6 Å². The number of ether oxygens (including phenoxy) is 1. The first-order valence-corrected chi connectivity index (χ1v) is 6.78. The summed E-state index contributed by atoms with van der Waals surface area (Å²) >= 11 is 9.55. The highest BCUT2D eigenvalue weighted by Crippen LogP contribution is 2.31. The second kappa shape index (κ2) is 6.23. The van der Waals surface area contributed by atoms with E-state index in [1.807, 2.05) is 42.5 Å². The van der Waals surface area contributed by atoms with E-state index in [9.17, 15) is 0 Å². The van der Waals surface area contributed by atoms with Gasteiger partial charge >= 0.3 is 0 Å². The van der Waals surface area contributed by atoms with Crippen molar-refractivity contribution in [2.24, 2.45) is 5.73 Å². The van der Waals surface area contributed by atoms with Gasteiger partial charge in [0.2, 0.25) is 0 Å². The summed E-state index contributed by atoms with van der Waals surface area (Å²) in [4.78, 5) is 0. The molecule has 2 aromatic rings. The largest absolute Gasteiger partial charge is 0.457 e. The van der Waals surface area contributed by atoms with E-state index in [2.05, 4.69) is 15.9 Å². The molecule has 0 fully saturated rings. The molecule has 2 N–H and O–H groups in total. The Kier molecular flexibility index (Phi) is 4.64. The number of benzene rings is 2. The van der Waals surface area contributed by atoms with Crippen molar-refractivity contribution in [3.8, 4) is 11.5 Å². The molecular formula is C14H13BrClNO. The summed E-state index contributed by atoms with van der Waals surface area (Å²) in [7, 11) is 0. The fourth-order valence-corrected chi connectivity index (χ4v) is 2.18. The summed E-state index contributed by atoms with van der Waals surface area (Å²) in [6.07, 6.45) is 0.700. The molecule has 2 nitrogen and oxygen atoms in total. The maximum Gasteiger partial charge on any atom is 0.132 e. The monoisotopic (exact) mass is 325 g/mol. The van der Waals surface area contributed by atoms with Crippen LogP contribution >= 0.6 is 27.5 Å². The van der Waals surface area contributed by atoms with Crippen LogP contribution in [0.15, 0.2) is 46.9 Å². The first kappa shape index (κ1) is 13.4. The highest BCUT2D eigenvalue weighted by molar-refractivity contribution is 9.10. The first-order valence-electron chi connectivity index (χ1n) is 5.61. The van der Waals surface area contributed by atoms with E-state index in [4.69, 9.17) is 22.1 Å². The predicted octanol–water partition coefficient (Wildman–Crippen LogP) is 4.40. The number of hydrogen-bond acceptors (Lipinski definition) is 2. The molecule has 0 amide bonds. The van der Waals surface area contributed by atoms with Gasteiger partial charge in [-0.2, -0.15) is 0 Å². The van der Waals surface area contributed by atoms with E-state index >= 15 is 0 Å². The Morgan fingerprint density at radius 2 is 1.83 bits per heavy atom. The van der Waals surface area contributed by atoms with Crippen molar-refractivity contribution in [2.75, 3.05) is 6.54 Å². The lowest BCUT2D eigenvalue weighted by molar-refractivity contribution is 0.476. The fourth-order valence-electron chi connectivity index (χ4n) is 1.65. The average Bonchev–Trinajstić information content (AvgIpc) is 2.36. The van der Waals surface area contributed by atoms with Gasteiger partial charge < -0.3 is 10.5 Å². The lowest BCUT2D eigenvalue weighted by Crippen LogP contribution is -2.04. The Balaban J connectivity index is 2.28. The van der Waals surface area contributed by atoms with E-state index in [1.54, 1.807) is 0 Å². The molecule has 0 aromatic heterocycles. The zero-order chi connectivity index (χ0) is 13.0. The fraction of sp³-hybridized carbons (Fsp3) is 0.143. The van der Waals surface area contributed by atoms with Crippen LogP contribution < -0.4 is 10.5 Å². The van der Waals surface area contributed by atoms with Crippen LogP contribution in [0.25, 0.3) is 0 Å². The maximum atomic E-state index is 6.16. The molecule has 0 bridgehead atoms. The molecule has 0 heterocycles. The van der Waals surface area contributed by atoms with E-state index in [-0.39, 0.29) is 0 Å². The maximum absolute atomic E-state index is 6.16. The van der Waals surface area contributed by atoms with Crippen LogP contribution in [0, 0.1) is 0 Å². The average molecular weight is 327 g/mol. The summed E-state index contributed by atoms with van der Waals surface area (Å²) < 4.78 is 6.85. The molecule has 0 aliphatic heterocycles. The first-order chi connectivity index (χ1) is 8.70. The molecule has 2 aromatic carbocycles. The molecule has 0 atom stereocenters. The third-order valence-corrected chi connectivity index (χ3v) is 3.39. The minimum Gasteiger partial charge on any atom is -0.457 e. The van der Waals surface area contributed by atoms with Gasteiger partial charge in [0.15, 0.2) is 0 Å². The number of rotatable bonds is 4. The van der Waals surface area contributed by atoms with Gasteiger partial charge in [-0.3, -0.25) is 0 Å². The van der Waals surface area contributed by atoms with Gasteiger partial charge in [0, 0.05) is 15.1 Å². The lowest BCUT2D eigenvalue weighted by atomic mass is 10.1. The minimum absolute atomic E-state index is 0.542. The molecule has 0 unspecified atom stereocenters. The van der Waals surface area contributed by atoms with Crippen molar-refractivity contribution in [1.82, 2.24) is 0 Å². The van der Waals surface area contributed by atoms with Gasteiger partial charge in [0.05, 0.1) is 0 Å². The minimum atomic E-state index is 0.542. The van der Waals surface area contributed by atoms with Crippen LogP contribution in [0.1, 0.15) is 5.56 Å². The molecule has 2 rings (SSSR count).